The van der Waals surface area contributed by atoms with Crippen molar-refractivity contribution in [3.05, 3.63) is 17.3 Å². The van der Waals surface area contributed by atoms with E-state index in [1.165, 1.54) is 24.2 Å². The van der Waals surface area contributed by atoms with Gasteiger partial charge in [0.05, 0.1) is 15.1 Å². The molecule has 0 atom stereocenters. The summed E-state index contributed by atoms with van der Waals surface area (Å²) in [7, 11) is 0. The molecule has 1 aliphatic carbocycles. The molecule has 0 aromatic carbocycles. The normalized spacial score (nSPS) is 18.7. The van der Waals surface area contributed by atoms with Gasteiger partial charge >= 0.3 is 0 Å². The summed E-state index contributed by atoms with van der Waals surface area (Å²) < 4.78 is 0.991. The Balaban J connectivity index is 1.30. The van der Waals surface area contributed by atoms with Crippen molar-refractivity contribution in [3.8, 4) is 0 Å². The Morgan fingerprint density at radius 2 is 1.93 bits per heavy atom. The van der Waals surface area contributed by atoms with Crippen molar-refractivity contribution in [2.75, 3.05) is 44.2 Å². The Hall–Kier alpha value is -2.06. The Labute approximate surface area is 169 Å². The van der Waals surface area contributed by atoms with Crippen molar-refractivity contribution >= 4 is 39.1 Å². The highest BCUT2D eigenvalue weighted by Gasteiger charge is 2.24. The quantitative estimate of drug-likeness (QED) is 0.749. The number of anilines is 1. The fraction of sp³-hybridized carbons (Fsp3) is 0.600. The van der Waals surface area contributed by atoms with Gasteiger partial charge in [-0.3, -0.25) is 14.5 Å². The molecule has 150 valence electrons. The van der Waals surface area contributed by atoms with E-state index in [9.17, 15) is 9.59 Å². The van der Waals surface area contributed by atoms with Gasteiger partial charge in [0.2, 0.25) is 5.91 Å². The average molecular weight is 402 g/mol. The van der Waals surface area contributed by atoms with Crippen LogP contribution in [-0.4, -0.2) is 65.8 Å². The first kappa shape index (κ1) is 19.3. The summed E-state index contributed by atoms with van der Waals surface area (Å²) in [6.45, 7) is 6.85. The van der Waals surface area contributed by atoms with E-state index in [4.69, 9.17) is 0 Å². The number of nitrogens with zero attached hydrogens (tertiary/aromatic N) is 4. The van der Waals surface area contributed by atoms with E-state index in [-0.39, 0.29) is 17.6 Å². The van der Waals surface area contributed by atoms with Crippen LogP contribution in [0.5, 0.6) is 0 Å². The van der Waals surface area contributed by atoms with Gasteiger partial charge in [-0.2, -0.15) is 0 Å². The number of hydrogen-bond acceptors (Lipinski definition) is 7. The summed E-state index contributed by atoms with van der Waals surface area (Å²) in [5, 5.41) is 3.11. The third-order valence-corrected chi connectivity index (χ3v) is 6.99. The molecule has 0 spiro atoms. The molecular formula is C20H27N5O2S. The Morgan fingerprint density at radius 3 is 2.64 bits per heavy atom. The van der Waals surface area contributed by atoms with Gasteiger partial charge in [-0.25, -0.2) is 9.97 Å². The first-order valence-electron chi connectivity index (χ1n) is 10.1. The molecule has 8 heteroatoms. The number of carbonyl (C=O) groups excluding carboxylic acids is 2. The smallest absolute Gasteiger partial charge is 0.223 e. The number of amides is 1. The lowest BCUT2D eigenvalue weighted by atomic mass is 10.1. The van der Waals surface area contributed by atoms with Crippen LogP contribution in [-0.2, 0) is 4.79 Å². The Kier molecular flexibility index (Phi) is 5.87. The van der Waals surface area contributed by atoms with Crippen LogP contribution in [0.25, 0.3) is 10.2 Å². The first-order valence-corrected chi connectivity index (χ1v) is 10.9. The standard InChI is InChI=1S/C20H27N5O2S/c1-14(26)17-12-16-18(28-17)19(23-13-22-16)25-10-8-24(9-11-25)7-6-21-20(27)15-4-2-3-5-15/h12-13,15H,2-11H2,1H3,(H,21,27). The number of ketones is 1. The van der Waals surface area contributed by atoms with Crippen molar-refractivity contribution in [2.45, 2.75) is 32.6 Å². The molecule has 1 saturated carbocycles. The van der Waals surface area contributed by atoms with Crippen LogP contribution in [0, 0.1) is 5.92 Å². The fourth-order valence-electron chi connectivity index (χ4n) is 4.09. The summed E-state index contributed by atoms with van der Waals surface area (Å²) in [6, 6.07) is 1.86. The zero-order valence-electron chi connectivity index (χ0n) is 16.3. The third kappa shape index (κ3) is 4.17. The second-order valence-electron chi connectivity index (χ2n) is 7.68. The number of nitrogens with one attached hydrogen (secondary N) is 1. The van der Waals surface area contributed by atoms with Crippen LogP contribution in [0.2, 0.25) is 0 Å². The fourth-order valence-corrected chi connectivity index (χ4v) is 5.12. The zero-order chi connectivity index (χ0) is 19.5. The van der Waals surface area contributed by atoms with E-state index in [1.54, 1.807) is 13.3 Å². The second-order valence-corrected chi connectivity index (χ2v) is 8.73. The summed E-state index contributed by atoms with van der Waals surface area (Å²) in [5.74, 6) is 1.47. The minimum Gasteiger partial charge on any atom is -0.355 e. The summed E-state index contributed by atoms with van der Waals surface area (Å²) in [4.78, 5) is 38.0. The van der Waals surface area contributed by atoms with E-state index in [0.717, 1.165) is 73.0 Å². The van der Waals surface area contributed by atoms with Gasteiger partial charge in [0.15, 0.2) is 5.78 Å². The third-order valence-electron chi connectivity index (χ3n) is 5.76. The van der Waals surface area contributed by atoms with Crippen molar-refractivity contribution in [1.29, 1.82) is 0 Å². The van der Waals surface area contributed by atoms with E-state index >= 15 is 0 Å². The van der Waals surface area contributed by atoms with E-state index in [1.807, 2.05) is 6.07 Å². The molecule has 0 bridgehead atoms. The first-order chi connectivity index (χ1) is 13.6. The number of aromatic nitrogens is 2. The summed E-state index contributed by atoms with van der Waals surface area (Å²) in [6.07, 6.45) is 6.06. The topological polar surface area (TPSA) is 78.4 Å². The second kappa shape index (κ2) is 8.53. The largest absolute Gasteiger partial charge is 0.355 e. The number of piperazine rings is 1. The highest BCUT2D eigenvalue weighted by molar-refractivity contribution is 7.21. The zero-order valence-corrected chi connectivity index (χ0v) is 17.1. The highest BCUT2D eigenvalue weighted by atomic mass is 32.1. The maximum absolute atomic E-state index is 12.1. The average Bonchev–Trinajstić information content (AvgIpc) is 3.38. The molecule has 0 unspecified atom stereocenters. The number of carbonyl (C=O) groups is 2. The molecule has 2 aromatic rings. The Morgan fingerprint density at radius 1 is 1.18 bits per heavy atom. The number of rotatable bonds is 6. The predicted octanol–water partition coefficient (Wildman–Crippen LogP) is 2.32. The molecule has 28 heavy (non-hydrogen) atoms. The SMILES string of the molecule is CC(=O)c1cc2ncnc(N3CCN(CCNC(=O)C4CCCC4)CC3)c2s1. The van der Waals surface area contributed by atoms with Crippen LogP contribution in [0.3, 0.4) is 0 Å². The highest BCUT2D eigenvalue weighted by Crippen LogP contribution is 2.32. The number of fused-ring (bicyclic) bond motifs is 1. The van der Waals surface area contributed by atoms with Gasteiger partial charge in [-0.1, -0.05) is 12.8 Å². The van der Waals surface area contributed by atoms with Crippen LogP contribution in [0.1, 0.15) is 42.3 Å². The van der Waals surface area contributed by atoms with Crippen molar-refractivity contribution in [3.63, 3.8) is 0 Å². The number of hydrogen-bond donors (Lipinski definition) is 1. The predicted molar refractivity (Wildman–Crippen MR) is 111 cm³/mol. The summed E-state index contributed by atoms with van der Waals surface area (Å²) in [5.41, 5.74) is 0.845. The summed E-state index contributed by atoms with van der Waals surface area (Å²) >= 11 is 1.48. The van der Waals surface area contributed by atoms with Gasteiger partial charge in [0.1, 0.15) is 12.1 Å². The molecule has 7 nitrogen and oxygen atoms in total. The molecule has 2 aliphatic rings. The van der Waals surface area contributed by atoms with E-state index < -0.39 is 0 Å². The molecule has 1 amide bonds. The molecule has 1 saturated heterocycles. The van der Waals surface area contributed by atoms with Crippen LogP contribution in [0.4, 0.5) is 5.82 Å². The molecule has 2 fully saturated rings. The number of thiophene rings is 1. The minimum atomic E-state index is 0.0680. The molecule has 3 heterocycles. The maximum atomic E-state index is 12.1. The van der Waals surface area contributed by atoms with Gasteiger partial charge in [-0.15, -0.1) is 11.3 Å². The molecule has 0 radical (unpaired) electrons. The van der Waals surface area contributed by atoms with Gasteiger partial charge in [-0.05, 0) is 25.8 Å². The lowest BCUT2D eigenvalue weighted by Gasteiger charge is -2.35. The van der Waals surface area contributed by atoms with Gasteiger partial charge in [0, 0.05) is 45.2 Å². The lowest BCUT2D eigenvalue weighted by molar-refractivity contribution is -0.124. The van der Waals surface area contributed by atoms with E-state index in [2.05, 4.69) is 25.1 Å². The van der Waals surface area contributed by atoms with Crippen molar-refractivity contribution in [1.82, 2.24) is 20.2 Å². The molecule has 4 rings (SSSR count). The molecule has 1 N–H and O–H groups in total. The molecule has 2 aromatic heterocycles. The van der Waals surface area contributed by atoms with Crippen LogP contribution in [0.15, 0.2) is 12.4 Å². The van der Waals surface area contributed by atoms with Gasteiger partial charge < -0.3 is 10.2 Å². The molecule has 1 aliphatic heterocycles. The lowest BCUT2D eigenvalue weighted by Crippen LogP contribution is -2.49. The minimum absolute atomic E-state index is 0.0680. The van der Waals surface area contributed by atoms with E-state index in [0.29, 0.717) is 0 Å². The van der Waals surface area contributed by atoms with Crippen LogP contribution >= 0.6 is 11.3 Å². The van der Waals surface area contributed by atoms with Crippen LogP contribution < -0.4 is 10.2 Å². The van der Waals surface area contributed by atoms with Crippen molar-refractivity contribution in [2.24, 2.45) is 5.92 Å². The monoisotopic (exact) mass is 401 g/mol. The molecular weight excluding hydrogens is 374 g/mol. The van der Waals surface area contributed by atoms with Gasteiger partial charge in [0.25, 0.3) is 0 Å². The Bertz CT molecular complexity index is 853. The van der Waals surface area contributed by atoms with Crippen molar-refractivity contribution < 1.29 is 9.59 Å². The maximum Gasteiger partial charge on any atom is 0.223 e. The number of Topliss-reactive ketones (excluding diaryl/α,β-unsaturated/α-hetero) is 1.